The van der Waals surface area contributed by atoms with E-state index in [1.807, 2.05) is 62.0 Å². The Bertz CT molecular complexity index is 500. The fourth-order valence-electron chi connectivity index (χ4n) is 2.08. The predicted molar refractivity (Wildman–Crippen MR) is 67.7 cm³/mol. The molecule has 0 saturated carbocycles. The molecular formula is C14H18N2O. The van der Waals surface area contributed by atoms with Gasteiger partial charge in [0.2, 0.25) is 0 Å². The maximum absolute atomic E-state index is 10.5. The van der Waals surface area contributed by atoms with Crippen molar-refractivity contribution in [3.63, 3.8) is 0 Å². The van der Waals surface area contributed by atoms with Crippen molar-refractivity contribution >= 4 is 0 Å². The molecule has 0 spiro atoms. The average molecular weight is 230 g/mol. The Morgan fingerprint density at radius 3 is 2.47 bits per heavy atom. The van der Waals surface area contributed by atoms with Crippen LogP contribution in [0.2, 0.25) is 0 Å². The molecule has 1 N–H and O–H groups in total. The van der Waals surface area contributed by atoms with Gasteiger partial charge < -0.3 is 5.11 Å². The van der Waals surface area contributed by atoms with E-state index in [1.165, 1.54) is 0 Å². The topological polar surface area (TPSA) is 38.0 Å². The number of aryl methyl sites for hydroxylation is 2. The minimum atomic E-state index is -0.860. The zero-order chi connectivity index (χ0) is 12.5. The van der Waals surface area contributed by atoms with Gasteiger partial charge in [-0.05, 0) is 25.5 Å². The highest BCUT2D eigenvalue weighted by atomic mass is 16.3. The Labute approximate surface area is 102 Å². The number of benzene rings is 1. The molecule has 1 unspecified atom stereocenters. The molecular weight excluding hydrogens is 212 g/mol. The van der Waals surface area contributed by atoms with Crippen LogP contribution in [-0.2, 0) is 19.1 Å². The van der Waals surface area contributed by atoms with Gasteiger partial charge in [-0.1, -0.05) is 30.3 Å². The summed E-state index contributed by atoms with van der Waals surface area (Å²) >= 11 is 0. The predicted octanol–water partition coefficient (Wildman–Crippen LogP) is 2.18. The van der Waals surface area contributed by atoms with Gasteiger partial charge in [-0.3, -0.25) is 4.68 Å². The van der Waals surface area contributed by atoms with Gasteiger partial charge >= 0.3 is 0 Å². The third-order valence-corrected chi connectivity index (χ3v) is 3.02. The van der Waals surface area contributed by atoms with E-state index >= 15 is 0 Å². The van der Waals surface area contributed by atoms with Crippen LogP contribution in [-0.4, -0.2) is 14.9 Å². The Morgan fingerprint density at radius 2 is 1.94 bits per heavy atom. The third-order valence-electron chi connectivity index (χ3n) is 3.02. The van der Waals surface area contributed by atoms with Crippen LogP contribution in [0.4, 0.5) is 0 Å². The molecule has 0 aliphatic carbocycles. The van der Waals surface area contributed by atoms with Crippen LogP contribution in [0, 0.1) is 6.92 Å². The van der Waals surface area contributed by atoms with E-state index in [1.54, 1.807) is 0 Å². The molecule has 90 valence electrons. The van der Waals surface area contributed by atoms with E-state index in [2.05, 4.69) is 5.10 Å². The van der Waals surface area contributed by atoms with Gasteiger partial charge in [0.25, 0.3) is 0 Å². The van der Waals surface area contributed by atoms with Crippen LogP contribution in [0.1, 0.15) is 23.9 Å². The molecule has 0 bridgehead atoms. The van der Waals surface area contributed by atoms with Gasteiger partial charge in [-0.15, -0.1) is 0 Å². The standard InChI is InChI=1S/C14H18N2O/c1-11-9-13(16(3)15-11)10-14(2,17)12-7-5-4-6-8-12/h4-9,17H,10H2,1-3H3. The number of aromatic nitrogens is 2. The Hall–Kier alpha value is -1.61. The minimum Gasteiger partial charge on any atom is -0.385 e. The summed E-state index contributed by atoms with van der Waals surface area (Å²) in [7, 11) is 1.91. The molecule has 1 aromatic heterocycles. The summed E-state index contributed by atoms with van der Waals surface area (Å²) in [5.74, 6) is 0. The first-order chi connectivity index (χ1) is 7.99. The molecule has 1 heterocycles. The summed E-state index contributed by atoms with van der Waals surface area (Å²) < 4.78 is 1.83. The lowest BCUT2D eigenvalue weighted by Gasteiger charge is -2.23. The first-order valence-corrected chi connectivity index (χ1v) is 5.76. The fourth-order valence-corrected chi connectivity index (χ4v) is 2.08. The van der Waals surface area contributed by atoms with E-state index in [-0.39, 0.29) is 0 Å². The molecule has 2 aromatic rings. The summed E-state index contributed by atoms with van der Waals surface area (Å²) in [6.07, 6.45) is 0.564. The van der Waals surface area contributed by atoms with E-state index in [4.69, 9.17) is 0 Å². The summed E-state index contributed by atoms with van der Waals surface area (Å²) in [5, 5.41) is 14.8. The van der Waals surface area contributed by atoms with Crippen molar-refractivity contribution in [2.24, 2.45) is 7.05 Å². The molecule has 0 radical (unpaired) electrons. The lowest BCUT2D eigenvalue weighted by atomic mass is 9.91. The number of hydrogen-bond acceptors (Lipinski definition) is 2. The summed E-state index contributed by atoms with van der Waals surface area (Å²) in [5.41, 5.74) is 2.09. The van der Waals surface area contributed by atoms with E-state index < -0.39 is 5.60 Å². The summed E-state index contributed by atoms with van der Waals surface area (Å²) in [6, 6.07) is 11.7. The van der Waals surface area contributed by atoms with Crippen molar-refractivity contribution in [1.82, 2.24) is 9.78 Å². The molecule has 2 rings (SSSR count). The Balaban J connectivity index is 2.26. The zero-order valence-electron chi connectivity index (χ0n) is 10.5. The first-order valence-electron chi connectivity index (χ1n) is 5.76. The molecule has 17 heavy (non-hydrogen) atoms. The van der Waals surface area contributed by atoms with Crippen molar-refractivity contribution in [3.05, 3.63) is 53.3 Å². The molecule has 0 fully saturated rings. The quantitative estimate of drug-likeness (QED) is 0.877. The third kappa shape index (κ3) is 2.56. The highest BCUT2D eigenvalue weighted by Crippen LogP contribution is 2.25. The minimum absolute atomic E-state index is 0.564. The molecule has 0 aliphatic rings. The summed E-state index contributed by atoms with van der Waals surface area (Å²) in [4.78, 5) is 0. The highest BCUT2D eigenvalue weighted by Gasteiger charge is 2.24. The smallest absolute Gasteiger partial charge is 0.0923 e. The molecule has 3 heteroatoms. The zero-order valence-corrected chi connectivity index (χ0v) is 10.5. The number of nitrogens with zero attached hydrogens (tertiary/aromatic N) is 2. The fraction of sp³-hybridized carbons (Fsp3) is 0.357. The Morgan fingerprint density at radius 1 is 1.29 bits per heavy atom. The van der Waals surface area contributed by atoms with Crippen molar-refractivity contribution in [3.8, 4) is 0 Å². The largest absolute Gasteiger partial charge is 0.385 e. The number of rotatable bonds is 3. The number of aliphatic hydroxyl groups is 1. The SMILES string of the molecule is Cc1cc(CC(C)(O)c2ccccc2)n(C)n1. The van der Waals surface area contributed by atoms with Gasteiger partial charge in [0.05, 0.1) is 11.3 Å². The van der Waals surface area contributed by atoms with Crippen molar-refractivity contribution in [1.29, 1.82) is 0 Å². The van der Waals surface area contributed by atoms with Crippen molar-refractivity contribution in [2.75, 3.05) is 0 Å². The van der Waals surface area contributed by atoms with E-state index in [0.29, 0.717) is 6.42 Å². The number of hydrogen-bond donors (Lipinski definition) is 1. The van der Waals surface area contributed by atoms with Gasteiger partial charge in [-0.25, -0.2) is 0 Å². The lowest BCUT2D eigenvalue weighted by Crippen LogP contribution is -2.25. The maximum Gasteiger partial charge on any atom is 0.0923 e. The van der Waals surface area contributed by atoms with E-state index in [0.717, 1.165) is 17.0 Å². The molecule has 0 amide bonds. The van der Waals surface area contributed by atoms with Crippen LogP contribution >= 0.6 is 0 Å². The van der Waals surface area contributed by atoms with Gasteiger partial charge in [0.15, 0.2) is 0 Å². The first kappa shape index (κ1) is 11.9. The van der Waals surface area contributed by atoms with Crippen molar-refractivity contribution in [2.45, 2.75) is 25.9 Å². The van der Waals surface area contributed by atoms with Gasteiger partial charge in [0, 0.05) is 19.2 Å². The molecule has 0 saturated heterocycles. The molecule has 3 nitrogen and oxygen atoms in total. The van der Waals surface area contributed by atoms with Crippen LogP contribution < -0.4 is 0 Å². The molecule has 0 aliphatic heterocycles. The van der Waals surface area contributed by atoms with Crippen molar-refractivity contribution < 1.29 is 5.11 Å². The Kier molecular flexibility index (Phi) is 3.03. The second kappa shape index (κ2) is 4.34. The second-order valence-electron chi connectivity index (χ2n) is 4.72. The average Bonchev–Trinajstić information content (AvgIpc) is 2.58. The maximum atomic E-state index is 10.5. The van der Waals surface area contributed by atoms with Crippen LogP contribution in [0.15, 0.2) is 36.4 Å². The lowest BCUT2D eigenvalue weighted by molar-refractivity contribution is 0.0556. The van der Waals surface area contributed by atoms with Crippen LogP contribution in [0.3, 0.4) is 0 Å². The monoisotopic (exact) mass is 230 g/mol. The molecule has 1 aromatic carbocycles. The molecule has 1 atom stereocenters. The van der Waals surface area contributed by atoms with Gasteiger partial charge in [0.1, 0.15) is 0 Å². The summed E-state index contributed by atoms with van der Waals surface area (Å²) in [6.45, 7) is 3.80. The van der Waals surface area contributed by atoms with Gasteiger partial charge in [-0.2, -0.15) is 5.10 Å². The second-order valence-corrected chi connectivity index (χ2v) is 4.72. The van der Waals surface area contributed by atoms with E-state index in [9.17, 15) is 5.11 Å². The van der Waals surface area contributed by atoms with Crippen LogP contribution in [0.25, 0.3) is 0 Å². The normalized spacial score (nSPS) is 14.6. The van der Waals surface area contributed by atoms with Crippen LogP contribution in [0.5, 0.6) is 0 Å². The highest BCUT2D eigenvalue weighted by molar-refractivity contribution is 5.24.